The Balaban J connectivity index is 1.41. The molecular formula is C20H24OS4. The first kappa shape index (κ1) is 19.4. The Bertz CT molecular complexity index is 636. The van der Waals surface area contributed by atoms with Gasteiger partial charge >= 0.3 is 0 Å². The van der Waals surface area contributed by atoms with Gasteiger partial charge in [-0.25, -0.2) is 0 Å². The SMILES string of the molecule is CCCCCCCCOc1ccc(C2=CSC(=C3SC=CS3)S2)cc1. The molecule has 0 bridgehead atoms. The van der Waals surface area contributed by atoms with Gasteiger partial charge < -0.3 is 4.74 Å². The molecule has 0 amide bonds. The van der Waals surface area contributed by atoms with Crippen molar-refractivity contribution >= 4 is 52.0 Å². The van der Waals surface area contributed by atoms with Crippen LogP contribution in [0.1, 0.15) is 51.0 Å². The van der Waals surface area contributed by atoms with Crippen LogP contribution in [0.3, 0.4) is 0 Å². The van der Waals surface area contributed by atoms with Gasteiger partial charge in [-0.1, -0.05) is 98.2 Å². The first-order chi connectivity index (χ1) is 12.4. The quantitative estimate of drug-likeness (QED) is 0.379. The molecule has 0 atom stereocenters. The van der Waals surface area contributed by atoms with Gasteiger partial charge in [-0.05, 0) is 40.3 Å². The van der Waals surface area contributed by atoms with Gasteiger partial charge in [-0.15, -0.1) is 0 Å². The monoisotopic (exact) mass is 408 g/mol. The molecule has 134 valence electrons. The predicted octanol–water partition coefficient (Wildman–Crippen LogP) is 8.28. The number of rotatable bonds is 9. The van der Waals surface area contributed by atoms with Crippen molar-refractivity contribution in [3.8, 4) is 5.75 Å². The Morgan fingerprint density at radius 3 is 2.28 bits per heavy atom. The van der Waals surface area contributed by atoms with E-state index in [4.69, 9.17) is 4.74 Å². The minimum atomic E-state index is 0.830. The third kappa shape index (κ3) is 6.09. The Labute approximate surface area is 168 Å². The number of benzene rings is 1. The van der Waals surface area contributed by atoms with Gasteiger partial charge in [0.2, 0.25) is 0 Å². The molecule has 0 saturated carbocycles. The van der Waals surface area contributed by atoms with Gasteiger partial charge in [0.25, 0.3) is 0 Å². The number of unbranched alkanes of at least 4 members (excludes halogenated alkanes) is 5. The molecule has 0 saturated heterocycles. The van der Waals surface area contributed by atoms with Crippen LogP contribution in [-0.4, -0.2) is 6.61 Å². The molecule has 3 rings (SSSR count). The highest BCUT2D eigenvalue weighted by atomic mass is 32.2. The van der Waals surface area contributed by atoms with E-state index in [1.165, 1.54) is 51.0 Å². The summed E-state index contributed by atoms with van der Waals surface area (Å²) in [6.45, 7) is 3.09. The second-order valence-corrected chi connectivity index (χ2v) is 10.2. The Hall–Kier alpha value is -0.360. The molecule has 2 aliphatic rings. The van der Waals surface area contributed by atoms with Crippen molar-refractivity contribution in [1.29, 1.82) is 0 Å². The van der Waals surface area contributed by atoms with Crippen molar-refractivity contribution in [2.24, 2.45) is 0 Å². The molecule has 1 aromatic rings. The molecule has 0 aliphatic carbocycles. The maximum absolute atomic E-state index is 5.88. The zero-order valence-electron chi connectivity index (χ0n) is 14.5. The fourth-order valence-electron chi connectivity index (χ4n) is 2.56. The van der Waals surface area contributed by atoms with Crippen molar-refractivity contribution in [3.05, 3.63) is 54.5 Å². The number of hydrogen-bond donors (Lipinski definition) is 0. The van der Waals surface area contributed by atoms with Crippen LogP contribution in [0.2, 0.25) is 0 Å². The number of thioether (sulfide) groups is 4. The normalized spacial score (nSPS) is 16.6. The topological polar surface area (TPSA) is 9.23 Å². The first-order valence-corrected chi connectivity index (χ1v) is 12.3. The third-order valence-corrected chi connectivity index (χ3v) is 9.02. The highest BCUT2D eigenvalue weighted by Gasteiger charge is 2.19. The Morgan fingerprint density at radius 2 is 1.52 bits per heavy atom. The lowest BCUT2D eigenvalue weighted by atomic mass is 10.1. The average molecular weight is 409 g/mol. The van der Waals surface area contributed by atoms with Crippen LogP contribution in [0.5, 0.6) is 5.75 Å². The van der Waals surface area contributed by atoms with Crippen LogP contribution >= 0.6 is 47.0 Å². The minimum absolute atomic E-state index is 0.830. The molecule has 0 N–H and O–H groups in total. The first-order valence-electron chi connectivity index (χ1n) is 8.87. The van der Waals surface area contributed by atoms with E-state index in [0.29, 0.717) is 0 Å². The Morgan fingerprint density at radius 1 is 0.800 bits per heavy atom. The van der Waals surface area contributed by atoms with Crippen LogP contribution in [0, 0.1) is 0 Å². The van der Waals surface area contributed by atoms with Crippen molar-refractivity contribution in [2.45, 2.75) is 45.4 Å². The smallest absolute Gasteiger partial charge is 0.119 e. The lowest BCUT2D eigenvalue weighted by Crippen LogP contribution is -1.97. The lowest BCUT2D eigenvalue weighted by Gasteiger charge is -2.08. The molecule has 0 unspecified atom stereocenters. The third-order valence-electron chi connectivity index (χ3n) is 3.95. The van der Waals surface area contributed by atoms with Gasteiger partial charge in [0.15, 0.2) is 0 Å². The molecular weight excluding hydrogens is 384 g/mol. The van der Waals surface area contributed by atoms with Gasteiger partial charge in [0, 0.05) is 4.91 Å². The summed E-state index contributed by atoms with van der Waals surface area (Å²) in [5.41, 5.74) is 1.28. The molecule has 1 nitrogen and oxygen atoms in total. The second kappa shape index (κ2) is 10.7. The standard InChI is InChI=1S/C20H24OS4/c1-2-3-4-5-6-7-12-21-17-10-8-16(9-11-17)18-15-24-20(25-18)19-22-13-14-23-19/h8-11,13-15H,2-7,12H2,1H3. The summed E-state index contributed by atoms with van der Waals surface area (Å²) >= 11 is 7.37. The van der Waals surface area contributed by atoms with Crippen LogP contribution in [-0.2, 0) is 0 Å². The van der Waals surface area contributed by atoms with Crippen molar-refractivity contribution in [1.82, 2.24) is 0 Å². The summed E-state index contributed by atoms with van der Waals surface area (Å²) < 4.78 is 8.68. The number of hydrogen-bond acceptors (Lipinski definition) is 5. The van der Waals surface area contributed by atoms with Crippen LogP contribution < -0.4 is 4.74 Å². The van der Waals surface area contributed by atoms with Crippen LogP contribution in [0.4, 0.5) is 0 Å². The van der Waals surface area contributed by atoms with E-state index in [9.17, 15) is 0 Å². The van der Waals surface area contributed by atoms with Gasteiger partial charge in [-0.2, -0.15) is 0 Å². The molecule has 0 aromatic heterocycles. The molecule has 1 aromatic carbocycles. The average Bonchev–Trinajstić information content (AvgIpc) is 3.33. The zero-order valence-corrected chi connectivity index (χ0v) is 17.8. The van der Waals surface area contributed by atoms with Crippen LogP contribution in [0.25, 0.3) is 4.91 Å². The van der Waals surface area contributed by atoms with E-state index < -0.39 is 0 Å². The van der Waals surface area contributed by atoms with E-state index >= 15 is 0 Å². The molecule has 5 heteroatoms. The lowest BCUT2D eigenvalue weighted by molar-refractivity contribution is 0.304. The summed E-state index contributed by atoms with van der Waals surface area (Å²) in [5.74, 6) is 0.984. The number of ether oxygens (including phenoxy) is 1. The fourth-order valence-corrected chi connectivity index (χ4v) is 7.04. The highest BCUT2D eigenvalue weighted by Crippen LogP contribution is 2.55. The molecule has 0 fully saturated rings. The van der Waals surface area contributed by atoms with Gasteiger partial charge in [-0.3, -0.25) is 0 Å². The maximum Gasteiger partial charge on any atom is 0.119 e. The van der Waals surface area contributed by atoms with Gasteiger partial charge in [0.05, 0.1) is 15.1 Å². The molecule has 2 heterocycles. The van der Waals surface area contributed by atoms with E-state index in [1.807, 2.05) is 47.0 Å². The zero-order chi connectivity index (χ0) is 17.3. The second-order valence-electron chi connectivity index (χ2n) is 5.93. The van der Waals surface area contributed by atoms with Crippen LogP contribution in [0.15, 0.2) is 49.0 Å². The summed E-state index contributed by atoms with van der Waals surface area (Å²) in [5, 5.41) is 6.57. The van der Waals surface area contributed by atoms with Crippen molar-refractivity contribution in [2.75, 3.05) is 6.61 Å². The summed E-state index contributed by atoms with van der Waals surface area (Å²) in [7, 11) is 0. The van der Waals surface area contributed by atoms with Crippen molar-refractivity contribution in [3.63, 3.8) is 0 Å². The predicted molar refractivity (Wildman–Crippen MR) is 120 cm³/mol. The summed E-state index contributed by atoms with van der Waals surface area (Å²) in [6, 6.07) is 8.56. The minimum Gasteiger partial charge on any atom is -0.494 e. The maximum atomic E-state index is 5.88. The highest BCUT2D eigenvalue weighted by molar-refractivity contribution is 8.35. The largest absolute Gasteiger partial charge is 0.494 e. The summed E-state index contributed by atoms with van der Waals surface area (Å²) in [6.07, 6.45) is 7.80. The fraction of sp³-hybridized carbons (Fsp3) is 0.400. The van der Waals surface area contributed by atoms with E-state index in [-0.39, 0.29) is 0 Å². The molecule has 0 radical (unpaired) electrons. The summed E-state index contributed by atoms with van der Waals surface area (Å²) in [4.78, 5) is 1.34. The van der Waals surface area contributed by atoms with E-state index in [2.05, 4.69) is 47.4 Å². The molecule has 2 aliphatic heterocycles. The molecule has 25 heavy (non-hydrogen) atoms. The van der Waals surface area contributed by atoms with E-state index in [1.54, 1.807) is 0 Å². The van der Waals surface area contributed by atoms with Gasteiger partial charge in [0.1, 0.15) is 5.75 Å². The Kier molecular flexibility index (Phi) is 8.31. The van der Waals surface area contributed by atoms with E-state index in [0.717, 1.165) is 18.8 Å². The van der Waals surface area contributed by atoms with Crippen molar-refractivity contribution < 1.29 is 4.74 Å². The molecule has 0 spiro atoms.